The quantitative estimate of drug-likeness (QED) is 0.800. The lowest BCUT2D eigenvalue weighted by Gasteiger charge is -2.12. The van der Waals surface area contributed by atoms with E-state index >= 15 is 0 Å². The number of sulfonamides is 1. The van der Waals surface area contributed by atoms with E-state index in [1.54, 1.807) is 25.3 Å². The van der Waals surface area contributed by atoms with Crippen LogP contribution in [0.4, 0.5) is 0 Å². The van der Waals surface area contributed by atoms with Gasteiger partial charge in [-0.05, 0) is 42.5 Å². The number of ether oxygens (including phenoxy) is 1. The van der Waals surface area contributed by atoms with E-state index in [-0.39, 0.29) is 4.90 Å². The minimum absolute atomic E-state index is 0.105. The number of aromatic nitrogens is 1. The Morgan fingerprint density at radius 1 is 0.957 bits per heavy atom. The van der Waals surface area contributed by atoms with Crippen molar-refractivity contribution >= 4 is 10.0 Å². The summed E-state index contributed by atoms with van der Waals surface area (Å²) in [6.45, 7) is 0. The highest BCUT2D eigenvalue weighted by atomic mass is 32.2. The Morgan fingerprint density at radius 3 is 2.30 bits per heavy atom. The molecule has 0 bridgehead atoms. The number of primary sulfonamides is 1. The molecule has 118 valence electrons. The molecule has 0 aliphatic rings. The molecular formula is C17H16N2O3S. The van der Waals surface area contributed by atoms with E-state index in [2.05, 4.69) is 0 Å². The summed E-state index contributed by atoms with van der Waals surface area (Å²) in [6, 6.07) is 17.9. The van der Waals surface area contributed by atoms with E-state index in [9.17, 15) is 8.42 Å². The zero-order valence-corrected chi connectivity index (χ0v) is 13.3. The second-order valence-electron chi connectivity index (χ2n) is 5.00. The van der Waals surface area contributed by atoms with Crippen molar-refractivity contribution < 1.29 is 13.2 Å². The number of benzene rings is 2. The van der Waals surface area contributed by atoms with Crippen molar-refractivity contribution in [2.24, 2.45) is 5.14 Å². The first-order chi connectivity index (χ1) is 11.0. The number of hydrogen-bond acceptors (Lipinski definition) is 3. The van der Waals surface area contributed by atoms with Crippen LogP contribution in [-0.4, -0.2) is 20.1 Å². The number of nitrogens with zero attached hydrogens (tertiary/aromatic N) is 1. The Labute approximate surface area is 135 Å². The summed E-state index contributed by atoms with van der Waals surface area (Å²) >= 11 is 0. The van der Waals surface area contributed by atoms with Crippen molar-refractivity contribution in [2.45, 2.75) is 4.90 Å². The van der Waals surface area contributed by atoms with Crippen LogP contribution >= 0.6 is 0 Å². The zero-order chi connectivity index (χ0) is 16.4. The standard InChI is InChI=1S/C17H16N2O3S/c1-22-14-10-8-13(9-11-14)19-12-4-6-16(19)15-5-2-3-7-17(15)23(18,20)21/h2-12H,1H3,(H2,18,20,21). The van der Waals surface area contributed by atoms with Gasteiger partial charge in [-0.3, -0.25) is 0 Å². The van der Waals surface area contributed by atoms with Crippen molar-refractivity contribution in [3.63, 3.8) is 0 Å². The van der Waals surface area contributed by atoms with Crippen molar-refractivity contribution in [2.75, 3.05) is 7.11 Å². The van der Waals surface area contributed by atoms with Crippen LogP contribution in [0.15, 0.2) is 71.8 Å². The fourth-order valence-corrected chi connectivity index (χ4v) is 3.24. The fraction of sp³-hybridized carbons (Fsp3) is 0.0588. The molecule has 3 aromatic rings. The highest BCUT2D eigenvalue weighted by Gasteiger charge is 2.17. The molecule has 0 radical (unpaired) electrons. The summed E-state index contributed by atoms with van der Waals surface area (Å²) < 4.78 is 30.7. The Bertz CT molecular complexity index is 928. The maximum Gasteiger partial charge on any atom is 0.238 e. The van der Waals surface area contributed by atoms with Crippen LogP contribution in [0.25, 0.3) is 16.9 Å². The van der Waals surface area contributed by atoms with Crippen LogP contribution in [0.3, 0.4) is 0 Å². The van der Waals surface area contributed by atoms with E-state index in [4.69, 9.17) is 9.88 Å². The zero-order valence-electron chi connectivity index (χ0n) is 12.5. The lowest BCUT2D eigenvalue weighted by atomic mass is 10.1. The van der Waals surface area contributed by atoms with Crippen LogP contribution < -0.4 is 9.88 Å². The highest BCUT2D eigenvalue weighted by molar-refractivity contribution is 7.89. The van der Waals surface area contributed by atoms with Crippen molar-refractivity contribution in [1.82, 2.24) is 4.57 Å². The van der Waals surface area contributed by atoms with Crippen molar-refractivity contribution in [1.29, 1.82) is 0 Å². The molecule has 23 heavy (non-hydrogen) atoms. The first kappa shape index (κ1) is 15.3. The van der Waals surface area contributed by atoms with Gasteiger partial charge in [0.15, 0.2) is 0 Å². The second-order valence-corrected chi connectivity index (χ2v) is 6.53. The lowest BCUT2D eigenvalue weighted by Crippen LogP contribution is -2.13. The molecule has 6 heteroatoms. The molecule has 2 N–H and O–H groups in total. The molecule has 1 heterocycles. The molecule has 2 aromatic carbocycles. The van der Waals surface area contributed by atoms with Gasteiger partial charge in [0.25, 0.3) is 0 Å². The van der Waals surface area contributed by atoms with Crippen molar-refractivity contribution in [3.8, 4) is 22.7 Å². The van der Waals surface area contributed by atoms with E-state index in [1.807, 2.05) is 47.2 Å². The van der Waals surface area contributed by atoms with Gasteiger partial charge in [0.05, 0.1) is 17.7 Å². The lowest BCUT2D eigenvalue weighted by molar-refractivity contribution is 0.415. The maximum absolute atomic E-state index is 11.8. The molecule has 0 amide bonds. The van der Waals surface area contributed by atoms with E-state index in [0.717, 1.165) is 17.1 Å². The average Bonchev–Trinajstić information content (AvgIpc) is 3.03. The van der Waals surface area contributed by atoms with Gasteiger partial charge >= 0.3 is 0 Å². The third-order valence-corrected chi connectivity index (χ3v) is 4.54. The average molecular weight is 328 g/mol. The molecule has 0 unspecified atom stereocenters. The molecule has 0 atom stereocenters. The third-order valence-electron chi connectivity index (χ3n) is 3.57. The van der Waals surface area contributed by atoms with Crippen LogP contribution in [0.2, 0.25) is 0 Å². The summed E-state index contributed by atoms with van der Waals surface area (Å²) in [4.78, 5) is 0.105. The molecule has 5 nitrogen and oxygen atoms in total. The highest BCUT2D eigenvalue weighted by Crippen LogP contribution is 2.29. The second kappa shape index (κ2) is 5.91. The molecule has 0 aliphatic carbocycles. The van der Waals surface area contributed by atoms with Crippen LogP contribution in [0.5, 0.6) is 5.75 Å². The van der Waals surface area contributed by atoms with Gasteiger partial charge in [0, 0.05) is 17.4 Å². The van der Waals surface area contributed by atoms with Gasteiger partial charge in [-0.15, -0.1) is 0 Å². The minimum atomic E-state index is -3.80. The SMILES string of the molecule is COc1ccc(-n2cccc2-c2ccccc2S(N)(=O)=O)cc1. The summed E-state index contributed by atoms with van der Waals surface area (Å²) in [6.07, 6.45) is 1.87. The van der Waals surface area contributed by atoms with Gasteiger partial charge in [-0.2, -0.15) is 0 Å². The summed E-state index contributed by atoms with van der Waals surface area (Å²) in [5.41, 5.74) is 2.21. The summed E-state index contributed by atoms with van der Waals surface area (Å²) in [5, 5.41) is 5.34. The van der Waals surface area contributed by atoms with Crippen LogP contribution in [0.1, 0.15) is 0 Å². The molecule has 0 aliphatic heterocycles. The molecule has 0 fully saturated rings. The Kier molecular flexibility index (Phi) is 3.94. The predicted octanol–water partition coefficient (Wildman–Crippen LogP) is 2.80. The van der Waals surface area contributed by atoms with E-state index in [1.165, 1.54) is 6.07 Å². The number of rotatable bonds is 4. The minimum Gasteiger partial charge on any atom is -0.497 e. The number of nitrogens with two attached hydrogens (primary N) is 1. The molecule has 3 rings (SSSR count). The van der Waals surface area contributed by atoms with Gasteiger partial charge in [-0.25, -0.2) is 13.6 Å². The van der Waals surface area contributed by atoms with Gasteiger partial charge in [0.2, 0.25) is 10.0 Å². The van der Waals surface area contributed by atoms with E-state index in [0.29, 0.717) is 5.56 Å². The number of methoxy groups -OCH3 is 1. The third kappa shape index (κ3) is 2.99. The first-order valence-corrected chi connectivity index (χ1v) is 8.49. The largest absolute Gasteiger partial charge is 0.497 e. The molecule has 0 spiro atoms. The normalized spacial score (nSPS) is 11.4. The molecule has 0 saturated carbocycles. The van der Waals surface area contributed by atoms with Crippen LogP contribution in [-0.2, 0) is 10.0 Å². The summed E-state index contributed by atoms with van der Waals surface area (Å²) in [7, 11) is -2.19. The Hall–Kier alpha value is -2.57. The first-order valence-electron chi connectivity index (χ1n) is 6.95. The van der Waals surface area contributed by atoms with Crippen LogP contribution in [0, 0.1) is 0 Å². The van der Waals surface area contributed by atoms with E-state index < -0.39 is 10.0 Å². The topological polar surface area (TPSA) is 74.3 Å². The van der Waals surface area contributed by atoms with Gasteiger partial charge in [0.1, 0.15) is 5.75 Å². The molecular weight excluding hydrogens is 312 g/mol. The molecule has 1 aromatic heterocycles. The monoisotopic (exact) mass is 328 g/mol. The fourth-order valence-electron chi connectivity index (χ4n) is 2.49. The maximum atomic E-state index is 11.8. The Morgan fingerprint density at radius 2 is 1.65 bits per heavy atom. The van der Waals surface area contributed by atoms with Gasteiger partial charge < -0.3 is 9.30 Å². The van der Waals surface area contributed by atoms with Crippen molar-refractivity contribution in [3.05, 3.63) is 66.9 Å². The predicted molar refractivity (Wildman–Crippen MR) is 89.1 cm³/mol. The summed E-state index contributed by atoms with van der Waals surface area (Å²) in [5.74, 6) is 0.757. The van der Waals surface area contributed by atoms with Gasteiger partial charge in [-0.1, -0.05) is 18.2 Å². The smallest absolute Gasteiger partial charge is 0.238 e. The Balaban J connectivity index is 2.15. The number of hydrogen-bond donors (Lipinski definition) is 1. The molecule has 0 saturated heterocycles.